The molecule has 0 fully saturated rings. The summed E-state index contributed by atoms with van der Waals surface area (Å²) in [6.45, 7) is 9.85. The van der Waals surface area contributed by atoms with E-state index >= 15 is 0 Å². The number of hydrogen-bond acceptors (Lipinski definition) is 1. The molecule has 0 atom stereocenters. The Balaban J connectivity index is 1.54. The molecule has 0 heterocycles. The number of allylic oxidation sites excluding steroid dienone is 3. The molecule has 0 bridgehead atoms. The average Bonchev–Trinajstić information content (AvgIpc) is 2.85. The number of anilines is 1. The Hall–Kier alpha value is -4.10. The van der Waals surface area contributed by atoms with Crippen LogP contribution in [0.2, 0.25) is 0 Å². The average molecular weight is 414 g/mol. The molecule has 0 aliphatic rings. The lowest BCUT2D eigenvalue weighted by Gasteiger charge is -2.12. The van der Waals surface area contributed by atoms with Gasteiger partial charge in [0.1, 0.15) is 0 Å². The second kappa shape index (κ2) is 9.80. The lowest BCUT2D eigenvalue weighted by Crippen LogP contribution is -1.97. The summed E-state index contributed by atoms with van der Waals surface area (Å²) in [7, 11) is 0. The molecule has 4 rings (SSSR count). The number of nitrogens with one attached hydrogen (secondary N) is 1. The van der Waals surface area contributed by atoms with E-state index in [1.165, 1.54) is 38.9 Å². The molecule has 4 aromatic carbocycles. The van der Waals surface area contributed by atoms with Gasteiger partial charge in [-0.2, -0.15) is 0 Å². The fourth-order valence-electron chi connectivity index (χ4n) is 3.68. The predicted molar refractivity (Wildman–Crippen MR) is 140 cm³/mol. The van der Waals surface area contributed by atoms with Crippen molar-refractivity contribution in [1.82, 2.24) is 0 Å². The topological polar surface area (TPSA) is 12.0 Å². The maximum atomic E-state index is 4.06. The first-order valence-electron chi connectivity index (χ1n) is 10.8. The van der Waals surface area contributed by atoms with Crippen LogP contribution in [0.1, 0.15) is 5.56 Å². The van der Waals surface area contributed by atoms with Crippen molar-refractivity contribution in [3.8, 4) is 33.4 Å². The van der Waals surface area contributed by atoms with Gasteiger partial charge in [-0.05, 0) is 58.0 Å². The zero-order valence-electron chi connectivity index (χ0n) is 18.4. The van der Waals surface area contributed by atoms with Crippen molar-refractivity contribution in [2.75, 3.05) is 5.32 Å². The van der Waals surface area contributed by atoms with E-state index in [1.54, 1.807) is 6.08 Å². The first-order valence-corrected chi connectivity index (χ1v) is 10.8. The molecule has 32 heavy (non-hydrogen) atoms. The van der Waals surface area contributed by atoms with Gasteiger partial charge >= 0.3 is 0 Å². The number of benzene rings is 4. The van der Waals surface area contributed by atoms with Crippen LogP contribution in [0.5, 0.6) is 0 Å². The van der Waals surface area contributed by atoms with Gasteiger partial charge < -0.3 is 5.32 Å². The monoisotopic (exact) mass is 413 g/mol. The summed E-state index contributed by atoms with van der Waals surface area (Å²) in [6.07, 6.45) is 5.53. The first-order chi connectivity index (χ1) is 15.6. The molecular formula is C31H27N. The third-order valence-corrected chi connectivity index (χ3v) is 5.51. The quantitative estimate of drug-likeness (QED) is 0.299. The summed E-state index contributed by atoms with van der Waals surface area (Å²) < 4.78 is 0. The summed E-state index contributed by atoms with van der Waals surface area (Å²) >= 11 is 0. The van der Waals surface area contributed by atoms with Gasteiger partial charge in [-0.15, -0.1) is 0 Å². The lowest BCUT2D eigenvalue weighted by molar-refractivity contribution is 1.40. The number of hydrogen-bond donors (Lipinski definition) is 1. The van der Waals surface area contributed by atoms with E-state index in [0.717, 1.165) is 11.4 Å². The number of rotatable bonds is 7. The summed E-state index contributed by atoms with van der Waals surface area (Å²) in [6, 6.07) is 34.4. The Labute approximate surface area is 191 Å². The molecule has 156 valence electrons. The Morgan fingerprint density at radius 3 is 1.66 bits per heavy atom. The highest BCUT2D eigenvalue weighted by atomic mass is 14.9. The third-order valence-electron chi connectivity index (χ3n) is 5.51. The standard InChI is InChI=1S/C31H27N/c1-4-5-9-24(3)32-31-22-30(13-12-23(31)2)29-20-18-28(19-21-29)27-16-14-26(15-17-27)25-10-7-6-8-11-25/h4-22,32H,1,3H2,2H3/b9-5-. The second-order valence-corrected chi connectivity index (χ2v) is 7.80. The van der Waals surface area contributed by atoms with E-state index in [2.05, 4.69) is 116 Å². The minimum Gasteiger partial charge on any atom is -0.356 e. The van der Waals surface area contributed by atoms with Crippen LogP contribution in [0.15, 0.2) is 134 Å². The van der Waals surface area contributed by atoms with Crippen LogP contribution >= 0.6 is 0 Å². The van der Waals surface area contributed by atoms with Crippen molar-refractivity contribution in [1.29, 1.82) is 0 Å². The second-order valence-electron chi connectivity index (χ2n) is 7.80. The molecule has 1 N–H and O–H groups in total. The van der Waals surface area contributed by atoms with Crippen molar-refractivity contribution in [3.05, 3.63) is 140 Å². The molecule has 0 saturated heterocycles. The Morgan fingerprint density at radius 1 is 0.656 bits per heavy atom. The summed E-state index contributed by atoms with van der Waals surface area (Å²) in [5.74, 6) is 0. The van der Waals surface area contributed by atoms with Gasteiger partial charge in [-0.25, -0.2) is 0 Å². The van der Waals surface area contributed by atoms with Gasteiger partial charge in [0.15, 0.2) is 0 Å². The predicted octanol–water partition coefficient (Wildman–Crippen LogP) is 8.66. The summed E-state index contributed by atoms with van der Waals surface area (Å²) in [5.41, 5.74) is 10.3. The zero-order chi connectivity index (χ0) is 22.3. The largest absolute Gasteiger partial charge is 0.356 e. The maximum absolute atomic E-state index is 4.06. The van der Waals surface area contributed by atoms with Crippen molar-refractivity contribution in [2.24, 2.45) is 0 Å². The Morgan fingerprint density at radius 2 is 1.12 bits per heavy atom. The SMILES string of the molecule is C=C/C=C\C(=C)Nc1cc(-c2ccc(-c3ccc(-c4ccccc4)cc3)cc2)ccc1C. The van der Waals surface area contributed by atoms with E-state index < -0.39 is 0 Å². The Kier molecular flexibility index (Phi) is 6.48. The normalized spacial score (nSPS) is 10.8. The molecule has 0 unspecified atom stereocenters. The van der Waals surface area contributed by atoms with Crippen molar-refractivity contribution in [3.63, 3.8) is 0 Å². The van der Waals surface area contributed by atoms with Crippen LogP contribution in [0.3, 0.4) is 0 Å². The van der Waals surface area contributed by atoms with Crippen molar-refractivity contribution in [2.45, 2.75) is 6.92 Å². The van der Waals surface area contributed by atoms with Gasteiger partial charge in [0.05, 0.1) is 0 Å². The van der Waals surface area contributed by atoms with Crippen LogP contribution in [-0.4, -0.2) is 0 Å². The van der Waals surface area contributed by atoms with Crippen LogP contribution in [-0.2, 0) is 0 Å². The van der Waals surface area contributed by atoms with E-state index in [9.17, 15) is 0 Å². The third kappa shape index (κ3) is 4.96. The van der Waals surface area contributed by atoms with Gasteiger partial charge in [-0.1, -0.05) is 116 Å². The minimum atomic E-state index is 0.833. The molecule has 0 amide bonds. The van der Waals surface area contributed by atoms with Crippen molar-refractivity contribution < 1.29 is 0 Å². The summed E-state index contributed by atoms with van der Waals surface area (Å²) in [5, 5.41) is 3.38. The molecule has 0 aliphatic carbocycles. The molecular weight excluding hydrogens is 386 g/mol. The van der Waals surface area contributed by atoms with Crippen molar-refractivity contribution >= 4 is 5.69 Å². The van der Waals surface area contributed by atoms with E-state index in [0.29, 0.717) is 0 Å². The molecule has 0 saturated carbocycles. The smallest absolute Gasteiger partial charge is 0.0420 e. The van der Waals surface area contributed by atoms with E-state index in [4.69, 9.17) is 0 Å². The number of aryl methyl sites for hydroxylation is 1. The molecule has 0 spiro atoms. The van der Waals surface area contributed by atoms with Crippen LogP contribution in [0, 0.1) is 6.92 Å². The lowest BCUT2D eigenvalue weighted by atomic mass is 9.97. The highest BCUT2D eigenvalue weighted by molar-refractivity contribution is 5.75. The van der Waals surface area contributed by atoms with E-state index in [-0.39, 0.29) is 0 Å². The fraction of sp³-hybridized carbons (Fsp3) is 0.0323. The van der Waals surface area contributed by atoms with Gasteiger partial charge in [-0.3, -0.25) is 0 Å². The molecule has 1 heteroatoms. The van der Waals surface area contributed by atoms with E-state index in [1.807, 2.05) is 18.2 Å². The molecule has 4 aromatic rings. The maximum Gasteiger partial charge on any atom is 0.0420 e. The molecule has 0 aromatic heterocycles. The highest BCUT2D eigenvalue weighted by Gasteiger charge is 2.05. The first kappa shape index (κ1) is 21.1. The van der Waals surface area contributed by atoms with Gasteiger partial charge in [0, 0.05) is 11.4 Å². The van der Waals surface area contributed by atoms with Crippen LogP contribution in [0.4, 0.5) is 5.69 Å². The summed E-state index contributed by atoms with van der Waals surface area (Å²) in [4.78, 5) is 0. The minimum absolute atomic E-state index is 0.833. The Bertz CT molecular complexity index is 1240. The highest BCUT2D eigenvalue weighted by Crippen LogP contribution is 2.30. The van der Waals surface area contributed by atoms with Gasteiger partial charge in [0.25, 0.3) is 0 Å². The molecule has 1 nitrogen and oxygen atoms in total. The fourth-order valence-corrected chi connectivity index (χ4v) is 3.68. The van der Waals surface area contributed by atoms with Gasteiger partial charge in [0.2, 0.25) is 0 Å². The zero-order valence-corrected chi connectivity index (χ0v) is 18.4. The van der Waals surface area contributed by atoms with Crippen LogP contribution < -0.4 is 5.32 Å². The molecule has 0 aliphatic heterocycles. The molecule has 0 radical (unpaired) electrons. The van der Waals surface area contributed by atoms with Crippen LogP contribution in [0.25, 0.3) is 33.4 Å².